The highest BCUT2D eigenvalue weighted by Crippen LogP contribution is 2.21. The van der Waals surface area contributed by atoms with Gasteiger partial charge in [0.1, 0.15) is 0 Å². The molecule has 1 saturated heterocycles. The maximum atomic E-state index is 3.59. The summed E-state index contributed by atoms with van der Waals surface area (Å²) in [6.45, 7) is 8.17. The number of hydrogen-bond donors (Lipinski definition) is 1. The molecule has 2 unspecified atom stereocenters. The van der Waals surface area contributed by atoms with Crippen LogP contribution >= 0.6 is 0 Å². The Balaban J connectivity index is 2.19. The van der Waals surface area contributed by atoms with Gasteiger partial charge in [0.2, 0.25) is 0 Å². The third-order valence-electron chi connectivity index (χ3n) is 2.65. The molecule has 1 fully saturated rings. The quantitative estimate of drug-likeness (QED) is 0.660. The monoisotopic (exact) mass is 155 g/mol. The third kappa shape index (κ3) is 2.82. The molecule has 11 heavy (non-hydrogen) atoms. The Morgan fingerprint density at radius 2 is 2.18 bits per heavy atom. The average Bonchev–Trinajstić information content (AvgIpc) is 2.34. The van der Waals surface area contributed by atoms with Crippen LogP contribution in [0.1, 0.15) is 40.0 Å². The standard InChI is InChI=1S/C10H21N/c1-4-9-6-10(11-7-9)5-8(2)3/h8-11H,4-7H2,1-3H3. The van der Waals surface area contributed by atoms with E-state index in [-0.39, 0.29) is 0 Å². The van der Waals surface area contributed by atoms with E-state index in [1.165, 1.54) is 25.8 Å². The summed E-state index contributed by atoms with van der Waals surface area (Å²) >= 11 is 0. The lowest BCUT2D eigenvalue weighted by Gasteiger charge is -2.12. The molecule has 1 nitrogen and oxygen atoms in total. The lowest BCUT2D eigenvalue weighted by molar-refractivity contribution is 0.450. The zero-order valence-corrected chi connectivity index (χ0v) is 8.06. The molecule has 0 aliphatic carbocycles. The van der Waals surface area contributed by atoms with Crippen molar-refractivity contribution in [3.05, 3.63) is 0 Å². The molecule has 2 atom stereocenters. The van der Waals surface area contributed by atoms with Crippen molar-refractivity contribution in [2.75, 3.05) is 6.54 Å². The van der Waals surface area contributed by atoms with Crippen molar-refractivity contribution in [2.45, 2.75) is 46.1 Å². The molecule has 1 aliphatic heterocycles. The van der Waals surface area contributed by atoms with E-state index in [9.17, 15) is 0 Å². The minimum absolute atomic E-state index is 0.819. The minimum Gasteiger partial charge on any atom is -0.314 e. The molecule has 1 N–H and O–H groups in total. The van der Waals surface area contributed by atoms with Crippen LogP contribution in [0.3, 0.4) is 0 Å². The minimum atomic E-state index is 0.819. The van der Waals surface area contributed by atoms with Crippen LogP contribution in [0.15, 0.2) is 0 Å². The summed E-state index contributed by atoms with van der Waals surface area (Å²) in [7, 11) is 0. The Bertz CT molecular complexity index is 109. The molecule has 0 aromatic carbocycles. The molecule has 0 aromatic rings. The lowest BCUT2D eigenvalue weighted by Crippen LogP contribution is -2.22. The summed E-state index contributed by atoms with van der Waals surface area (Å²) in [4.78, 5) is 0. The van der Waals surface area contributed by atoms with Crippen molar-refractivity contribution in [3.63, 3.8) is 0 Å². The van der Waals surface area contributed by atoms with Gasteiger partial charge >= 0.3 is 0 Å². The largest absolute Gasteiger partial charge is 0.314 e. The maximum absolute atomic E-state index is 3.59. The molecule has 1 rings (SSSR count). The SMILES string of the molecule is CCC1CNC(CC(C)C)C1. The Labute approximate surface area is 70.6 Å². The molecule has 1 heteroatoms. The fourth-order valence-corrected chi connectivity index (χ4v) is 1.96. The van der Waals surface area contributed by atoms with E-state index < -0.39 is 0 Å². The zero-order chi connectivity index (χ0) is 8.27. The molecule has 0 spiro atoms. The first-order chi connectivity index (χ1) is 5.22. The van der Waals surface area contributed by atoms with Gasteiger partial charge in [-0.05, 0) is 31.2 Å². The highest BCUT2D eigenvalue weighted by Gasteiger charge is 2.22. The molecule has 0 aromatic heterocycles. The van der Waals surface area contributed by atoms with E-state index in [1.807, 2.05) is 0 Å². The molecule has 1 heterocycles. The first kappa shape index (κ1) is 9.05. The Morgan fingerprint density at radius 1 is 1.45 bits per heavy atom. The number of hydrogen-bond acceptors (Lipinski definition) is 1. The van der Waals surface area contributed by atoms with E-state index in [1.54, 1.807) is 0 Å². The van der Waals surface area contributed by atoms with E-state index in [4.69, 9.17) is 0 Å². The molecule has 66 valence electrons. The molecular weight excluding hydrogens is 134 g/mol. The van der Waals surface area contributed by atoms with Crippen LogP contribution in [0.4, 0.5) is 0 Å². The summed E-state index contributed by atoms with van der Waals surface area (Å²) in [5.74, 6) is 1.81. The summed E-state index contributed by atoms with van der Waals surface area (Å²) in [6, 6.07) is 0.819. The molecule has 0 radical (unpaired) electrons. The van der Waals surface area contributed by atoms with Gasteiger partial charge in [-0.15, -0.1) is 0 Å². The van der Waals surface area contributed by atoms with Crippen LogP contribution in [0.5, 0.6) is 0 Å². The summed E-state index contributed by atoms with van der Waals surface area (Å²) in [5, 5.41) is 3.59. The van der Waals surface area contributed by atoms with Crippen molar-refractivity contribution in [1.82, 2.24) is 5.32 Å². The van der Waals surface area contributed by atoms with Gasteiger partial charge in [0.25, 0.3) is 0 Å². The Morgan fingerprint density at radius 3 is 2.64 bits per heavy atom. The highest BCUT2D eigenvalue weighted by molar-refractivity contribution is 4.81. The summed E-state index contributed by atoms with van der Waals surface area (Å²) in [6.07, 6.45) is 4.12. The smallest absolute Gasteiger partial charge is 0.00727 e. The number of nitrogens with one attached hydrogen (secondary N) is 1. The Kier molecular flexibility index (Phi) is 3.38. The van der Waals surface area contributed by atoms with Crippen LogP contribution in [-0.2, 0) is 0 Å². The molecular formula is C10H21N. The topological polar surface area (TPSA) is 12.0 Å². The van der Waals surface area contributed by atoms with Gasteiger partial charge in [-0.2, -0.15) is 0 Å². The van der Waals surface area contributed by atoms with Gasteiger partial charge in [-0.25, -0.2) is 0 Å². The third-order valence-corrected chi connectivity index (χ3v) is 2.65. The van der Waals surface area contributed by atoms with Gasteiger partial charge < -0.3 is 5.32 Å². The molecule has 0 saturated carbocycles. The van der Waals surface area contributed by atoms with Crippen LogP contribution in [0.25, 0.3) is 0 Å². The van der Waals surface area contributed by atoms with Crippen LogP contribution < -0.4 is 5.32 Å². The van der Waals surface area contributed by atoms with E-state index in [2.05, 4.69) is 26.1 Å². The second kappa shape index (κ2) is 4.10. The van der Waals surface area contributed by atoms with Crippen LogP contribution in [0.2, 0.25) is 0 Å². The Hall–Kier alpha value is -0.0400. The van der Waals surface area contributed by atoms with Gasteiger partial charge in [0.15, 0.2) is 0 Å². The molecule has 0 amide bonds. The molecule has 0 bridgehead atoms. The lowest BCUT2D eigenvalue weighted by atomic mass is 9.97. The first-order valence-electron chi connectivity index (χ1n) is 4.95. The average molecular weight is 155 g/mol. The number of rotatable bonds is 3. The second-order valence-corrected chi connectivity index (χ2v) is 4.24. The van der Waals surface area contributed by atoms with Gasteiger partial charge in [0.05, 0.1) is 0 Å². The van der Waals surface area contributed by atoms with E-state index >= 15 is 0 Å². The highest BCUT2D eigenvalue weighted by atomic mass is 14.9. The van der Waals surface area contributed by atoms with Crippen LogP contribution in [-0.4, -0.2) is 12.6 Å². The fraction of sp³-hybridized carbons (Fsp3) is 1.00. The normalized spacial score (nSPS) is 31.6. The van der Waals surface area contributed by atoms with E-state index in [0.717, 1.165) is 17.9 Å². The van der Waals surface area contributed by atoms with Crippen molar-refractivity contribution in [2.24, 2.45) is 11.8 Å². The first-order valence-corrected chi connectivity index (χ1v) is 4.95. The van der Waals surface area contributed by atoms with Crippen molar-refractivity contribution in [1.29, 1.82) is 0 Å². The van der Waals surface area contributed by atoms with Crippen molar-refractivity contribution < 1.29 is 0 Å². The predicted molar refractivity (Wildman–Crippen MR) is 49.6 cm³/mol. The van der Waals surface area contributed by atoms with E-state index in [0.29, 0.717) is 0 Å². The summed E-state index contributed by atoms with van der Waals surface area (Å²) < 4.78 is 0. The molecule has 1 aliphatic rings. The van der Waals surface area contributed by atoms with Crippen LogP contribution in [0, 0.1) is 11.8 Å². The van der Waals surface area contributed by atoms with Crippen molar-refractivity contribution in [3.8, 4) is 0 Å². The fourth-order valence-electron chi connectivity index (χ4n) is 1.96. The van der Waals surface area contributed by atoms with Gasteiger partial charge in [-0.1, -0.05) is 27.2 Å². The van der Waals surface area contributed by atoms with Crippen molar-refractivity contribution >= 4 is 0 Å². The van der Waals surface area contributed by atoms with Gasteiger partial charge in [0, 0.05) is 6.04 Å². The zero-order valence-electron chi connectivity index (χ0n) is 8.06. The predicted octanol–water partition coefficient (Wildman–Crippen LogP) is 2.42. The second-order valence-electron chi connectivity index (χ2n) is 4.24. The maximum Gasteiger partial charge on any atom is 0.00727 e. The van der Waals surface area contributed by atoms with Gasteiger partial charge in [-0.3, -0.25) is 0 Å². The summed E-state index contributed by atoms with van der Waals surface area (Å²) in [5.41, 5.74) is 0.